The number of alkyl halides is 3. The first-order valence-corrected chi connectivity index (χ1v) is 8.82. The van der Waals surface area contributed by atoms with Crippen molar-refractivity contribution in [3.8, 4) is 0 Å². The topological polar surface area (TPSA) is 59.1 Å². The summed E-state index contributed by atoms with van der Waals surface area (Å²) in [5.74, 6) is -1.16. The molecule has 0 aliphatic rings. The van der Waals surface area contributed by atoms with Crippen LogP contribution in [0.25, 0.3) is 0 Å². The molecule has 0 bridgehead atoms. The number of rotatable bonds is 4. The van der Waals surface area contributed by atoms with Crippen molar-refractivity contribution in [3.05, 3.63) is 57.0 Å². The van der Waals surface area contributed by atoms with Gasteiger partial charge in [-0.25, -0.2) is 22.5 Å². The fraction of sp³-hybridized carbons (Fsp3) is 0.154. The summed E-state index contributed by atoms with van der Waals surface area (Å²) in [7, 11) is -4.04. The lowest BCUT2D eigenvalue weighted by atomic mass is 10.1. The van der Waals surface area contributed by atoms with Gasteiger partial charge in [-0.3, -0.25) is 0 Å². The third-order valence-corrected chi connectivity index (χ3v) is 5.42. The van der Waals surface area contributed by atoms with E-state index >= 15 is 0 Å². The van der Waals surface area contributed by atoms with Crippen molar-refractivity contribution in [2.24, 2.45) is 0 Å². The van der Waals surface area contributed by atoms with Crippen molar-refractivity contribution >= 4 is 37.6 Å². The molecule has 1 aromatic carbocycles. The van der Waals surface area contributed by atoms with Crippen LogP contribution < -0.4 is 4.72 Å². The van der Waals surface area contributed by atoms with Crippen molar-refractivity contribution in [1.82, 2.24) is 9.71 Å². The molecule has 0 saturated carbocycles. The van der Waals surface area contributed by atoms with Crippen LogP contribution in [0.5, 0.6) is 0 Å². The number of nitrogens with one attached hydrogen (secondary N) is 1. The van der Waals surface area contributed by atoms with Crippen LogP contribution in [0.4, 0.5) is 17.6 Å². The SMILES string of the molecule is O=S(=O)(NCc1ccc(C(F)(F)F)cc1F)c1cnc(Cl)c(Br)c1. The van der Waals surface area contributed by atoms with E-state index in [1.165, 1.54) is 6.07 Å². The number of sulfonamides is 1. The maximum Gasteiger partial charge on any atom is 0.416 e. The first-order chi connectivity index (χ1) is 11.0. The van der Waals surface area contributed by atoms with E-state index < -0.39 is 34.1 Å². The predicted octanol–water partition coefficient (Wildman–Crippen LogP) is 4.13. The molecule has 1 aromatic heterocycles. The summed E-state index contributed by atoms with van der Waals surface area (Å²) in [6.45, 7) is -0.521. The predicted molar refractivity (Wildman–Crippen MR) is 82.4 cm³/mol. The summed E-state index contributed by atoms with van der Waals surface area (Å²) in [6, 6.07) is 3.05. The van der Waals surface area contributed by atoms with E-state index in [9.17, 15) is 26.0 Å². The van der Waals surface area contributed by atoms with Gasteiger partial charge in [0.1, 0.15) is 15.9 Å². The van der Waals surface area contributed by atoms with Gasteiger partial charge < -0.3 is 0 Å². The fourth-order valence-electron chi connectivity index (χ4n) is 1.67. The minimum atomic E-state index is -4.68. The number of benzene rings is 1. The van der Waals surface area contributed by atoms with Crippen molar-refractivity contribution in [1.29, 1.82) is 0 Å². The standard InChI is InChI=1S/C13H8BrClF4N2O2S/c14-10-4-9(6-20-12(10)15)24(22,23)21-5-7-1-2-8(3-11(7)16)13(17,18)19/h1-4,6,21H,5H2. The number of pyridine rings is 1. The molecule has 0 unspecified atom stereocenters. The average Bonchev–Trinajstić information content (AvgIpc) is 2.47. The zero-order chi connectivity index (χ0) is 18.1. The maximum absolute atomic E-state index is 13.7. The van der Waals surface area contributed by atoms with Gasteiger partial charge in [-0.2, -0.15) is 13.2 Å². The Morgan fingerprint density at radius 2 is 1.92 bits per heavy atom. The Bertz CT molecular complexity index is 875. The van der Waals surface area contributed by atoms with Crippen LogP contribution in [0.1, 0.15) is 11.1 Å². The summed E-state index contributed by atoms with van der Waals surface area (Å²) in [5.41, 5.74) is -1.38. The molecule has 0 saturated heterocycles. The number of aromatic nitrogens is 1. The van der Waals surface area contributed by atoms with Crippen molar-refractivity contribution in [2.75, 3.05) is 0 Å². The molecular formula is C13H8BrClF4N2O2S. The van der Waals surface area contributed by atoms with Gasteiger partial charge in [0.2, 0.25) is 10.0 Å². The van der Waals surface area contributed by atoms with Gasteiger partial charge in [0, 0.05) is 18.3 Å². The molecular weight excluding hydrogens is 440 g/mol. The van der Waals surface area contributed by atoms with E-state index in [1.54, 1.807) is 0 Å². The highest BCUT2D eigenvalue weighted by Gasteiger charge is 2.31. The molecule has 0 spiro atoms. The highest BCUT2D eigenvalue weighted by atomic mass is 79.9. The monoisotopic (exact) mass is 446 g/mol. The van der Waals surface area contributed by atoms with Crippen molar-refractivity contribution in [3.63, 3.8) is 0 Å². The lowest BCUT2D eigenvalue weighted by Crippen LogP contribution is -2.24. The molecule has 2 rings (SSSR count). The number of hydrogen-bond acceptors (Lipinski definition) is 3. The third-order valence-electron chi connectivity index (χ3n) is 2.91. The Kier molecular flexibility index (Phi) is 5.53. The minimum Gasteiger partial charge on any atom is -0.242 e. The lowest BCUT2D eigenvalue weighted by Gasteiger charge is -2.10. The van der Waals surface area contributed by atoms with Crippen LogP contribution >= 0.6 is 27.5 Å². The van der Waals surface area contributed by atoms with E-state index in [1.807, 2.05) is 0 Å². The molecule has 0 radical (unpaired) electrons. The van der Waals surface area contributed by atoms with Crippen LogP contribution in [0.2, 0.25) is 5.15 Å². The van der Waals surface area contributed by atoms with E-state index in [2.05, 4.69) is 25.6 Å². The second kappa shape index (κ2) is 6.95. The molecule has 24 heavy (non-hydrogen) atoms. The van der Waals surface area contributed by atoms with Gasteiger partial charge in [0.05, 0.1) is 10.0 Å². The molecule has 1 N–H and O–H groups in total. The Morgan fingerprint density at radius 3 is 2.46 bits per heavy atom. The van der Waals surface area contributed by atoms with Crippen LogP contribution in [-0.2, 0) is 22.7 Å². The molecule has 0 amide bonds. The molecule has 11 heteroatoms. The number of halogens is 6. The highest BCUT2D eigenvalue weighted by molar-refractivity contribution is 9.10. The molecule has 1 heterocycles. The summed E-state index contributed by atoms with van der Waals surface area (Å²) < 4.78 is 77.6. The van der Waals surface area contributed by atoms with Crippen molar-refractivity contribution in [2.45, 2.75) is 17.6 Å². The summed E-state index contributed by atoms with van der Waals surface area (Å²) in [4.78, 5) is 3.43. The maximum atomic E-state index is 13.7. The number of nitrogens with zero attached hydrogens (tertiary/aromatic N) is 1. The third kappa shape index (κ3) is 4.44. The Balaban J connectivity index is 2.19. The molecule has 130 valence electrons. The normalized spacial score (nSPS) is 12.4. The molecule has 0 fully saturated rings. The molecule has 0 aliphatic heterocycles. The first kappa shape index (κ1) is 19.1. The highest BCUT2D eigenvalue weighted by Crippen LogP contribution is 2.30. The van der Waals surface area contributed by atoms with Gasteiger partial charge in [0.25, 0.3) is 0 Å². The number of hydrogen-bond donors (Lipinski definition) is 1. The zero-order valence-corrected chi connectivity index (χ0v) is 14.7. The van der Waals surface area contributed by atoms with Crippen LogP contribution in [-0.4, -0.2) is 13.4 Å². The van der Waals surface area contributed by atoms with E-state index in [-0.39, 0.29) is 20.1 Å². The Hall–Kier alpha value is -1.23. The Labute approximate surface area is 148 Å². The average molecular weight is 448 g/mol. The van der Waals surface area contributed by atoms with Gasteiger partial charge in [0.15, 0.2) is 0 Å². The summed E-state index contributed by atoms with van der Waals surface area (Å²) >= 11 is 8.68. The zero-order valence-electron chi connectivity index (χ0n) is 11.5. The van der Waals surface area contributed by atoms with Crippen LogP contribution in [0.15, 0.2) is 39.8 Å². The van der Waals surface area contributed by atoms with Gasteiger partial charge in [-0.05, 0) is 34.1 Å². The van der Waals surface area contributed by atoms with E-state index in [4.69, 9.17) is 11.6 Å². The lowest BCUT2D eigenvalue weighted by molar-refractivity contribution is -0.137. The van der Waals surface area contributed by atoms with Crippen LogP contribution in [0, 0.1) is 5.82 Å². The van der Waals surface area contributed by atoms with E-state index in [0.29, 0.717) is 12.1 Å². The second-order valence-corrected chi connectivity index (χ2v) is 7.55. The summed E-state index contributed by atoms with van der Waals surface area (Å²) in [6.07, 6.45) is -3.68. The van der Waals surface area contributed by atoms with E-state index in [0.717, 1.165) is 12.3 Å². The first-order valence-electron chi connectivity index (χ1n) is 6.17. The second-order valence-electron chi connectivity index (χ2n) is 4.57. The fourth-order valence-corrected chi connectivity index (χ4v) is 3.25. The summed E-state index contributed by atoms with van der Waals surface area (Å²) in [5, 5.41) is 0.0581. The van der Waals surface area contributed by atoms with Crippen LogP contribution in [0.3, 0.4) is 0 Å². The molecule has 0 aliphatic carbocycles. The molecule has 0 atom stereocenters. The Morgan fingerprint density at radius 1 is 1.25 bits per heavy atom. The minimum absolute atomic E-state index is 0.0581. The molecule has 4 nitrogen and oxygen atoms in total. The quantitative estimate of drug-likeness (QED) is 0.566. The van der Waals surface area contributed by atoms with Gasteiger partial charge in [-0.15, -0.1) is 0 Å². The smallest absolute Gasteiger partial charge is 0.242 e. The molecule has 2 aromatic rings. The van der Waals surface area contributed by atoms with Gasteiger partial charge >= 0.3 is 6.18 Å². The van der Waals surface area contributed by atoms with Gasteiger partial charge in [-0.1, -0.05) is 17.7 Å². The largest absolute Gasteiger partial charge is 0.416 e. The van der Waals surface area contributed by atoms with Crippen molar-refractivity contribution < 1.29 is 26.0 Å².